The van der Waals surface area contributed by atoms with Crippen molar-refractivity contribution in [2.45, 2.75) is 52.0 Å². The second kappa shape index (κ2) is 10.0. The zero-order chi connectivity index (χ0) is 19.9. The molecule has 0 aliphatic carbocycles. The number of imidazole rings is 1. The molecule has 1 fully saturated rings. The van der Waals surface area contributed by atoms with E-state index in [9.17, 15) is 0 Å². The maximum Gasteiger partial charge on any atom is 0.138 e. The van der Waals surface area contributed by atoms with Gasteiger partial charge in [-0.25, -0.2) is 4.98 Å². The minimum atomic E-state index is 0.926. The molecule has 0 bridgehead atoms. The highest BCUT2D eigenvalue weighted by molar-refractivity contribution is 5.80. The molecule has 4 nitrogen and oxygen atoms in total. The number of aromatic amines is 1. The Hall–Kier alpha value is -2.17. The summed E-state index contributed by atoms with van der Waals surface area (Å²) < 4.78 is 0. The lowest BCUT2D eigenvalue weighted by Crippen LogP contribution is -2.35. The van der Waals surface area contributed by atoms with E-state index in [2.05, 4.69) is 64.6 Å². The number of hydrogen-bond acceptors (Lipinski definition) is 3. The van der Waals surface area contributed by atoms with E-state index in [4.69, 9.17) is 4.98 Å². The quantitative estimate of drug-likeness (QED) is 0.497. The normalized spacial score (nSPS) is 15.2. The number of hydrogen-bond donors (Lipinski definition) is 2. The van der Waals surface area contributed by atoms with Gasteiger partial charge in [0.05, 0.1) is 11.0 Å². The largest absolute Gasteiger partial charge is 0.338 e. The molecule has 0 spiro atoms. The van der Waals surface area contributed by atoms with Crippen molar-refractivity contribution >= 4 is 11.0 Å². The molecule has 1 saturated heterocycles. The second-order valence-corrected chi connectivity index (χ2v) is 8.32. The molecule has 1 aliphatic heterocycles. The van der Waals surface area contributed by atoms with E-state index < -0.39 is 0 Å². The molecule has 0 unspecified atom stereocenters. The highest BCUT2D eigenvalue weighted by Gasteiger charge is 2.09. The van der Waals surface area contributed by atoms with Gasteiger partial charge in [0.25, 0.3) is 0 Å². The lowest BCUT2D eigenvalue weighted by molar-refractivity contribution is 0.229. The number of fused-ring (bicyclic) bond motifs is 1. The Kier molecular flexibility index (Phi) is 6.96. The summed E-state index contributed by atoms with van der Waals surface area (Å²) in [5.74, 6) is 0.956. The Labute approximate surface area is 174 Å². The van der Waals surface area contributed by atoms with Crippen LogP contribution in [-0.2, 0) is 13.0 Å². The topological polar surface area (TPSA) is 44.0 Å². The van der Waals surface area contributed by atoms with Gasteiger partial charge in [-0.2, -0.15) is 0 Å². The molecule has 2 N–H and O–H groups in total. The first-order valence-corrected chi connectivity index (χ1v) is 11.3. The second-order valence-electron chi connectivity index (χ2n) is 8.32. The van der Waals surface area contributed by atoms with Crippen molar-refractivity contribution in [3.63, 3.8) is 0 Å². The molecule has 4 rings (SSSR count). The zero-order valence-corrected chi connectivity index (χ0v) is 17.7. The summed E-state index contributed by atoms with van der Waals surface area (Å²) >= 11 is 0. The molecule has 1 aromatic heterocycles. The first-order chi connectivity index (χ1) is 14.3. The number of benzene rings is 2. The number of piperidine rings is 1. The third kappa shape index (κ3) is 5.46. The molecule has 0 amide bonds. The molecule has 1 aliphatic rings. The predicted molar refractivity (Wildman–Crippen MR) is 122 cm³/mol. The lowest BCUT2D eigenvalue weighted by atomic mass is 10.1. The van der Waals surface area contributed by atoms with Crippen molar-refractivity contribution in [1.29, 1.82) is 0 Å². The van der Waals surface area contributed by atoms with Crippen LogP contribution in [0.25, 0.3) is 22.4 Å². The maximum atomic E-state index is 4.78. The van der Waals surface area contributed by atoms with Crippen LogP contribution >= 0.6 is 0 Å². The van der Waals surface area contributed by atoms with Gasteiger partial charge in [0.2, 0.25) is 0 Å². The van der Waals surface area contributed by atoms with Crippen molar-refractivity contribution in [2.75, 3.05) is 26.2 Å². The number of nitrogens with one attached hydrogen (secondary N) is 2. The number of rotatable bonds is 9. The van der Waals surface area contributed by atoms with Crippen LogP contribution in [0.5, 0.6) is 0 Å². The number of aromatic nitrogens is 2. The highest BCUT2D eigenvalue weighted by atomic mass is 15.1. The van der Waals surface area contributed by atoms with Gasteiger partial charge in [0, 0.05) is 25.2 Å². The third-order valence-electron chi connectivity index (χ3n) is 5.98. The van der Waals surface area contributed by atoms with Gasteiger partial charge in [0.15, 0.2) is 0 Å². The monoisotopic (exact) mass is 390 g/mol. The Balaban J connectivity index is 1.32. The molecular weight excluding hydrogens is 356 g/mol. The summed E-state index contributed by atoms with van der Waals surface area (Å²) in [7, 11) is 0. The summed E-state index contributed by atoms with van der Waals surface area (Å²) in [6.07, 6.45) is 7.74. The van der Waals surface area contributed by atoms with Crippen LogP contribution in [0.15, 0.2) is 42.5 Å². The van der Waals surface area contributed by atoms with E-state index in [1.165, 1.54) is 56.3 Å². The summed E-state index contributed by atoms with van der Waals surface area (Å²) in [4.78, 5) is 10.9. The fourth-order valence-electron chi connectivity index (χ4n) is 4.16. The van der Waals surface area contributed by atoms with Gasteiger partial charge in [-0.3, -0.25) is 0 Å². The molecule has 0 radical (unpaired) electrons. The van der Waals surface area contributed by atoms with Gasteiger partial charge >= 0.3 is 0 Å². The van der Waals surface area contributed by atoms with Crippen LogP contribution in [0.2, 0.25) is 0 Å². The Morgan fingerprint density at radius 3 is 2.59 bits per heavy atom. The van der Waals surface area contributed by atoms with Gasteiger partial charge in [-0.05, 0) is 62.0 Å². The van der Waals surface area contributed by atoms with Crippen molar-refractivity contribution in [3.05, 3.63) is 53.6 Å². The summed E-state index contributed by atoms with van der Waals surface area (Å²) in [6, 6.07) is 15.4. The number of unbranched alkanes of at least 4 members (excludes halogenated alkanes) is 1. The molecule has 2 aromatic carbocycles. The molecule has 0 saturated carbocycles. The van der Waals surface area contributed by atoms with Crippen LogP contribution in [0, 0.1) is 0 Å². The predicted octanol–water partition coefficient (Wildman–Crippen LogP) is 5.15. The summed E-state index contributed by atoms with van der Waals surface area (Å²) in [5, 5.41) is 3.59. The molecule has 2 heterocycles. The van der Waals surface area contributed by atoms with Crippen LogP contribution in [-0.4, -0.2) is 41.0 Å². The summed E-state index contributed by atoms with van der Waals surface area (Å²) in [6.45, 7) is 7.93. The van der Waals surface area contributed by atoms with E-state index in [-0.39, 0.29) is 0 Å². The zero-order valence-electron chi connectivity index (χ0n) is 17.7. The fraction of sp³-hybridized carbons (Fsp3) is 0.480. The fourth-order valence-corrected chi connectivity index (χ4v) is 4.16. The number of likely N-dealkylation sites (tertiary alicyclic amines) is 1. The first kappa shape index (κ1) is 20.1. The number of H-pyrrole nitrogens is 1. The Bertz CT molecular complexity index is 891. The molecule has 4 heteroatoms. The van der Waals surface area contributed by atoms with Gasteiger partial charge in [-0.15, -0.1) is 0 Å². The SMILES string of the molecule is CCCCc1ccc2nc(-c3ccc(CNCCN4CCCCC4)cc3)[nH]c2c1. The Morgan fingerprint density at radius 2 is 1.79 bits per heavy atom. The maximum absolute atomic E-state index is 4.78. The van der Waals surface area contributed by atoms with Crippen LogP contribution in [0.1, 0.15) is 50.2 Å². The molecule has 29 heavy (non-hydrogen) atoms. The first-order valence-electron chi connectivity index (χ1n) is 11.3. The van der Waals surface area contributed by atoms with E-state index in [1.54, 1.807) is 0 Å². The van der Waals surface area contributed by atoms with Gasteiger partial charge in [0.1, 0.15) is 5.82 Å². The minimum Gasteiger partial charge on any atom is -0.338 e. The molecular formula is C25H34N4. The van der Waals surface area contributed by atoms with Crippen LogP contribution in [0.4, 0.5) is 0 Å². The van der Waals surface area contributed by atoms with E-state index in [1.807, 2.05) is 0 Å². The van der Waals surface area contributed by atoms with Crippen LogP contribution in [0.3, 0.4) is 0 Å². The Morgan fingerprint density at radius 1 is 1.00 bits per heavy atom. The van der Waals surface area contributed by atoms with Crippen molar-refractivity contribution in [1.82, 2.24) is 20.2 Å². The standard InChI is InChI=1S/C25H34N4/c1-2-3-7-20-10-13-23-24(18-20)28-25(27-23)22-11-8-21(9-12-22)19-26-14-17-29-15-5-4-6-16-29/h8-13,18,26H,2-7,14-17,19H2,1H3,(H,27,28). The average Bonchev–Trinajstić information content (AvgIpc) is 3.20. The number of aryl methyl sites for hydroxylation is 1. The third-order valence-corrected chi connectivity index (χ3v) is 5.98. The van der Waals surface area contributed by atoms with E-state index >= 15 is 0 Å². The van der Waals surface area contributed by atoms with Crippen molar-refractivity contribution < 1.29 is 0 Å². The lowest BCUT2D eigenvalue weighted by Gasteiger charge is -2.26. The minimum absolute atomic E-state index is 0.926. The van der Waals surface area contributed by atoms with Gasteiger partial charge in [-0.1, -0.05) is 50.1 Å². The average molecular weight is 391 g/mol. The number of nitrogens with zero attached hydrogens (tertiary/aromatic N) is 2. The highest BCUT2D eigenvalue weighted by Crippen LogP contribution is 2.22. The van der Waals surface area contributed by atoms with Crippen molar-refractivity contribution in [2.24, 2.45) is 0 Å². The molecule has 3 aromatic rings. The van der Waals surface area contributed by atoms with E-state index in [0.717, 1.165) is 48.5 Å². The van der Waals surface area contributed by atoms with Gasteiger partial charge < -0.3 is 15.2 Å². The molecule has 154 valence electrons. The molecule has 0 atom stereocenters. The van der Waals surface area contributed by atoms with E-state index in [0.29, 0.717) is 0 Å². The van der Waals surface area contributed by atoms with Crippen LogP contribution < -0.4 is 5.32 Å². The summed E-state index contributed by atoms with van der Waals surface area (Å²) in [5.41, 5.74) is 6.04. The van der Waals surface area contributed by atoms with Crippen molar-refractivity contribution in [3.8, 4) is 11.4 Å². The smallest absolute Gasteiger partial charge is 0.138 e.